The minimum Gasteiger partial charge on any atom is -0.397 e. The summed E-state index contributed by atoms with van der Waals surface area (Å²) in [6.07, 6.45) is 7.67. The highest BCUT2D eigenvalue weighted by molar-refractivity contribution is 5.94. The predicted octanol–water partition coefficient (Wildman–Crippen LogP) is 3.41. The molecular formula is C20H25N3O2. The Morgan fingerprint density at radius 2 is 2.08 bits per heavy atom. The Morgan fingerprint density at radius 3 is 2.80 bits per heavy atom. The lowest BCUT2D eigenvalue weighted by Gasteiger charge is -2.09. The highest BCUT2D eigenvalue weighted by Crippen LogP contribution is 2.23. The van der Waals surface area contributed by atoms with E-state index >= 15 is 0 Å². The molecule has 1 saturated heterocycles. The van der Waals surface area contributed by atoms with Gasteiger partial charge in [-0.3, -0.25) is 9.78 Å². The molecule has 1 unspecified atom stereocenters. The molecule has 3 N–H and O–H groups in total. The van der Waals surface area contributed by atoms with Crippen molar-refractivity contribution in [2.24, 2.45) is 0 Å². The summed E-state index contributed by atoms with van der Waals surface area (Å²) in [5, 5.41) is 2.97. The topological polar surface area (TPSA) is 77.2 Å². The summed E-state index contributed by atoms with van der Waals surface area (Å²) >= 11 is 0. The lowest BCUT2D eigenvalue weighted by Crippen LogP contribution is -2.24. The zero-order valence-corrected chi connectivity index (χ0v) is 14.4. The van der Waals surface area contributed by atoms with E-state index in [1.807, 2.05) is 30.3 Å². The number of carbonyl (C=O) groups is 1. The molecule has 0 saturated carbocycles. The van der Waals surface area contributed by atoms with Crippen LogP contribution in [0.3, 0.4) is 0 Å². The number of unbranched alkanes of at least 4 members (excludes halogenated alkanes) is 1. The first-order valence-electron chi connectivity index (χ1n) is 8.95. The van der Waals surface area contributed by atoms with Crippen molar-refractivity contribution in [1.29, 1.82) is 0 Å². The first-order valence-corrected chi connectivity index (χ1v) is 8.95. The molecule has 1 aliphatic heterocycles. The fourth-order valence-corrected chi connectivity index (χ4v) is 3.11. The van der Waals surface area contributed by atoms with Crippen molar-refractivity contribution in [1.82, 2.24) is 10.3 Å². The Labute approximate surface area is 148 Å². The van der Waals surface area contributed by atoms with E-state index in [0.717, 1.165) is 37.1 Å². The second kappa shape index (κ2) is 8.62. The highest BCUT2D eigenvalue weighted by atomic mass is 16.5. The van der Waals surface area contributed by atoms with Gasteiger partial charge in [-0.25, -0.2) is 0 Å². The Bertz CT molecular complexity index is 694. The maximum absolute atomic E-state index is 12.2. The number of rotatable bonds is 7. The number of anilines is 1. The molecule has 0 spiro atoms. The average molecular weight is 339 g/mol. The van der Waals surface area contributed by atoms with Gasteiger partial charge in [0.05, 0.1) is 17.5 Å². The summed E-state index contributed by atoms with van der Waals surface area (Å²) < 4.78 is 5.60. The summed E-state index contributed by atoms with van der Waals surface area (Å²) in [4.78, 5) is 16.5. The van der Waals surface area contributed by atoms with Crippen LogP contribution in [-0.2, 0) is 4.74 Å². The number of nitrogens with zero attached hydrogens (tertiary/aromatic N) is 1. The number of nitrogen functional groups attached to an aromatic ring is 1. The smallest absolute Gasteiger partial charge is 0.251 e. The number of carbonyl (C=O) groups excluding carboxylic acids is 1. The molecule has 1 aromatic carbocycles. The van der Waals surface area contributed by atoms with Crippen LogP contribution < -0.4 is 11.1 Å². The molecule has 25 heavy (non-hydrogen) atoms. The number of hydrogen-bond donors (Lipinski definition) is 2. The molecule has 132 valence electrons. The van der Waals surface area contributed by atoms with Gasteiger partial charge in [-0.15, -0.1) is 0 Å². The van der Waals surface area contributed by atoms with Gasteiger partial charge >= 0.3 is 0 Å². The van der Waals surface area contributed by atoms with Crippen LogP contribution in [0.5, 0.6) is 0 Å². The monoisotopic (exact) mass is 339 g/mol. The van der Waals surface area contributed by atoms with Crippen molar-refractivity contribution in [2.45, 2.75) is 38.2 Å². The molecule has 1 aliphatic rings. The Morgan fingerprint density at radius 1 is 1.24 bits per heavy atom. The second-order valence-corrected chi connectivity index (χ2v) is 6.41. The zero-order valence-electron chi connectivity index (χ0n) is 14.4. The number of benzene rings is 1. The molecular weight excluding hydrogens is 314 g/mol. The zero-order chi connectivity index (χ0) is 17.5. The quantitative estimate of drug-likeness (QED) is 0.758. The van der Waals surface area contributed by atoms with Crippen molar-refractivity contribution in [2.75, 3.05) is 18.9 Å². The molecule has 0 aliphatic carbocycles. The number of aromatic nitrogens is 1. The largest absolute Gasteiger partial charge is 0.397 e. The number of pyridine rings is 1. The van der Waals surface area contributed by atoms with Crippen LogP contribution in [-0.4, -0.2) is 30.1 Å². The Kier molecular flexibility index (Phi) is 6.01. The third-order valence-corrected chi connectivity index (χ3v) is 4.52. The summed E-state index contributed by atoms with van der Waals surface area (Å²) in [6, 6.07) is 11.0. The Balaban J connectivity index is 1.45. The lowest BCUT2D eigenvalue weighted by molar-refractivity contribution is 0.0947. The minimum atomic E-state index is -0.0438. The summed E-state index contributed by atoms with van der Waals surface area (Å²) in [7, 11) is 0. The number of ether oxygens (including phenoxy) is 1. The van der Waals surface area contributed by atoms with E-state index < -0.39 is 0 Å². The van der Waals surface area contributed by atoms with Crippen LogP contribution in [0.25, 0.3) is 11.3 Å². The van der Waals surface area contributed by atoms with Gasteiger partial charge < -0.3 is 15.8 Å². The molecule has 2 aromatic rings. The van der Waals surface area contributed by atoms with Gasteiger partial charge in [-0.05, 0) is 56.4 Å². The van der Waals surface area contributed by atoms with Crippen LogP contribution in [0.4, 0.5) is 5.69 Å². The number of amides is 1. The molecule has 3 rings (SSSR count). The first kappa shape index (κ1) is 17.4. The number of nitrogens with one attached hydrogen (secondary N) is 1. The lowest BCUT2D eigenvalue weighted by atomic mass is 10.1. The van der Waals surface area contributed by atoms with E-state index in [4.69, 9.17) is 10.5 Å². The number of nitrogens with two attached hydrogens (primary N) is 1. The molecule has 1 amide bonds. The predicted molar refractivity (Wildman–Crippen MR) is 99.2 cm³/mol. The van der Waals surface area contributed by atoms with Crippen molar-refractivity contribution in [3.63, 3.8) is 0 Å². The van der Waals surface area contributed by atoms with E-state index in [0.29, 0.717) is 23.9 Å². The van der Waals surface area contributed by atoms with Gasteiger partial charge in [-0.1, -0.05) is 12.1 Å². The average Bonchev–Trinajstić information content (AvgIpc) is 3.15. The molecule has 0 radical (unpaired) electrons. The SMILES string of the molecule is Nc1cccnc1-c1ccc(C(=O)NCCCCC2CCCO2)cc1. The van der Waals surface area contributed by atoms with Gasteiger partial charge in [0.25, 0.3) is 5.91 Å². The molecule has 1 fully saturated rings. The van der Waals surface area contributed by atoms with E-state index in [1.54, 1.807) is 12.3 Å². The summed E-state index contributed by atoms with van der Waals surface area (Å²) in [5.41, 5.74) is 8.87. The maximum atomic E-state index is 12.2. The first-order chi connectivity index (χ1) is 12.2. The van der Waals surface area contributed by atoms with Gasteiger partial charge in [0.15, 0.2) is 0 Å². The van der Waals surface area contributed by atoms with Crippen LogP contribution in [0.2, 0.25) is 0 Å². The molecule has 1 atom stereocenters. The molecule has 2 heterocycles. The third-order valence-electron chi connectivity index (χ3n) is 4.52. The normalized spacial score (nSPS) is 16.7. The van der Waals surface area contributed by atoms with E-state index in [2.05, 4.69) is 10.3 Å². The second-order valence-electron chi connectivity index (χ2n) is 6.41. The minimum absolute atomic E-state index is 0.0438. The maximum Gasteiger partial charge on any atom is 0.251 e. The van der Waals surface area contributed by atoms with Crippen molar-refractivity contribution in [3.8, 4) is 11.3 Å². The fraction of sp³-hybridized carbons (Fsp3) is 0.400. The molecule has 1 aromatic heterocycles. The fourth-order valence-electron chi connectivity index (χ4n) is 3.11. The van der Waals surface area contributed by atoms with Gasteiger partial charge in [-0.2, -0.15) is 0 Å². The molecule has 5 nitrogen and oxygen atoms in total. The van der Waals surface area contributed by atoms with Crippen molar-refractivity contribution >= 4 is 11.6 Å². The standard InChI is InChI=1S/C20H25N3O2/c21-18-7-3-13-22-19(18)15-8-10-16(11-9-15)20(24)23-12-2-1-5-17-6-4-14-25-17/h3,7-11,13,17H,1-2,4-6,12,14,21H2,(H,23,24). The number of hydrogen-bond acceptors (Lipinski definition) is 4. The summed E-state index contributed by atoms with van der Waals surface area (Å²) in [6.45, 7) is 1.60. The van der Waals surface area contributed by atoms with E-state index in [-0.39, 0.29) is 5.91 Å². The van der Waals surface area contributed by atoms with Crippen LogP contribution in [0.1, 0.15) is 42.5 Å². The third kappa shape index (κ3) is 4.79. The van der Waals surface area contributed by atoms with Crippen molar-refractivity contribution < 1.29 is 9.53 Å². The van der Waals surface area contributed by atoms with E-state index in [1.165, 1.54) is 12.8 Å². The van der Waals surface area contributed by atoms with Crippen molar-refractivity contribution in [3.05, 3.63) is 48.2 Å². The van der Waals surface area contributed by atoms with Gasteiger partial charge in [0.1, 0.15) is 0 Å². The van der Waals surface area contributed by atoms with Crippen LogP contribution >= 0.6 is 0 Å². The van der Waals surface area contributed by atoms with Crippen LogP contribution in [0, 0.1) is 0 Å². The summed E-state index contributed by atoms with van der Waals surface area (Å²) in [5.74, 6) is -0.0438. The van der Waals surface area contributed by atoms with Crippen LogP contribution in [0.15, 0.2) is 42.6 Å². The van der Waals surface area contributed by atoms with E-state index in [9.17, 15) is 4.79 Å². The van der Waals surface area contributed by atoms with Gasteiger partial charge in [0, 0.05) is 30.5 Å². The molecule has 5 heteroatoms. The van der Waals surface area contributed by atoms with Gasteiger partial charge in [0.2, 0.25) is 0 Å². The highest BCUT2D eigenvalue weighted by Gasteiger charge is 2.14. The Hall–Kier alpha value is -2.40. The molecule has 0 bridgehead atoms.